The van der Waals surface area contributed by atoms with Gasteiger partial charge in [-0.2, -0.15) is 5.10 Å². The van der Waals surface area contributed by atoms with E-state index in [-0.39, 0.29) is 0 Å². The van der Waals surface area contributed by atoms with Gasteiger partial charge in [0.25, 0.3) is 0 Å². The van der Waals surface area contributed by atoms with E-state index < -0.39 is 0 Å². The van der Waals surface area contributed by atoms with Gasteiger partial charge in [-0.25, -0.2) is 0 Å². The average Bonchev–Trinajstić information content (AvgIpc) is 2.46. The third kappa shape index (κ3) is 1.50. The maximum Gasteiger partial charge on any atom is 0.0659 e. The van der Waals surface area contributed by atoms with E-state index >= 15 is 0 Å². The molecule has 1 aromatic heterocycles. The summed E-state index contributed by atoms with van der Waals surface area (Å²) in [6, 6.07) is 0. The van der Waals surface area contributed by atoms with Crippen LogP contribution in [0.3, 0.4) is 0 Å². The summed E-state index contributed by atoms with van der Waals surface area (Å²) < 4.78 is 2.19. The monoisotopic (exact) mass is 178 g/mol. The molecule has 1 aliphatic rings. The molecule has 2 rings (SSSR count). The minimum absolute atomic E-state index is 1.08. The van der Waals surface area contributed by atoms with Crippen molar-refractivity contribution in [2.75, 3.05) is 0 Å². The molecule has 0 amide bonds. The van der Waals surface area contributed by atoms with Gasteiger partial charge in [-0.05, 0) is 44.6 Å². The Morgan fingerprint density at radius 3 is 2.77 bits per heavy atom. The Hall–Kier alpha value is -0.790. The first kappa shape index (κ1) is 8.79. The smallest absolute Gasteiger partial charge is 0.0659 e. The predicted molar refractivity (Wildman–Crippen MR) is 53.9 cm³/mol. The molecule has 0 bridgehead atoms. The maximum atomic E-state index is 4.66. The van der Waals surface area contributed by atoms with Crippen LogP contribution in [-0.4, -0.2) is 9.78 Å². The van der Waals surface area contributed by atoms with Crippen molar-refractivity contribution >= 4 is 0 Å². The standard InChI is InChI=1S/C11H18N2/c1-3-8-13-9(2)10-6-4-5-7-11(10)12-13/h3-8H2,1-2H3. The molecule has 0 fully saturated rings. The molecule has 1 aromatic rings. The molecule has 0 saturated heterocycles. The first-order valence-corrected chi connectivity index (χ1v) is 5.38. The largest absolute Gasteiger partial charge is 0.269 e. The van der Waals surface area contributed by atoms with Crippen LogP contribution in [0, 0.1) is 6.92 Å². The molecule has 0 unspecified atom stereocenters. The van der Waals surface area contributed by atoms with Crippen LogP contribution in [0.5, 0.6) is 0 Å². The highest BCUT2D eigenvalue weighted by atomic mass is 15.3. The fourth-order valence-electron chi connectivity index (χ4n) is 2.20. The van der Waals surface area contributed by atoms with E-state index in [9.17, 15) is 0 Å². The van der Waals surface area contributed by atoms with Gasteiger partial charge in [-0.1, -0.05) is 6.92 Å². The highest BCUT2D eigenvalue weighted by Crippen LogP contribution is 2.23. The number of hydrogen-bond acceptors (Lipinski definition) is 1. The van der Waals surface area contributed by atoms with Gasteiger partial charge in [0.1, 0.15) is 0 Å². The molecule has 13 heavy (non-hydrogen) atoms. The van der Waals surface area contributed by atoms with E-state index in [1.54, 1.807) is 5.56 Å². The fraction of sp³-hybridized carbons (Fsp3) is 0.727. The van der Waals surface area contributed by atoms with Crippen LogP contribution >= 0.6 is 0 Å². The number of rotatable bonds is 2. The molecule has 0 aliphatic heterocycles. The van der Waals surface area contributed by atoms with Gasteiger partial charge in [0.05, 0.1) is 5.69 Å². The van der Waals surface area contributed by atoms with Crippen molar-refractivity contribution in [2.24, 2.45) is 0 Å². The van der Waals surface area contributed by atoms with Crippen LogP contribution in [-0.2, 0) is 19.4 Å². The summed E-state index contributed by atoms with van der Waals surface area (Å²) in [7, 11) is 0. The van der Waals surface area contributed by atoms with Crippen LogP contribution in [0.1, 0.15) is 43.1 Å². The van der Waals surface area contributed by atoms with Crippen molar-refractivity contribution in [3.63, 3.8) is 0 Å². The Labute approximate surface area is 80.0 Å². The number of fused-ring (bicyclic) bond motifs is 1. The Kier molecular flexibility index (Phi) is 2.38. The number of nitrogens with zero attached hydrogens (tertiary/aromatic N) is 2. The van der Waals surface area contributed by atoms with Gasteiger partial charge in [-0.15, -0.1) is 0 Å². The quantitative estimate of drug-likeness (QED) is 0.680. The third-order valence-corrected chi connectivity index (χ3v) is 2.94. The molecule has 0 N–H and O–H groups in total. The second-order valence-corrected chi connectivity index (χ2v) is 3.94. The van der Waals surface area contributed by atoms with Crippen LogP contribution in [0.15, 0.2) is 0 Å². The Morgan fingerprint density at radius 2 is 2.08 bits per heavy atom. The van der Waals surface area contributed by atoms with Crippen molar-refractivity contribution in [3.05, 3.63) is 17.0 Å². The summed E-state index contributed by atoms with van der Waals surface area (Å²) in [5, 5.41) is 4.66. The second-order valence-electron chi connectivity index (χ2n) is 3.94. The Bertz CT molecular complexity index is 299. The van der Waals surface area contributed by atoms with Gasteiger partial charge >= 0.3 is 0 Å². The number of aryl methyl sites for hydroxylation is 2. The molecule has 0 saturated carbocycles. The predicted octanol–water partition coefficient (Wildman–Crippen LogP) is 2.48. The average molecular weight is 178 g/mol. The molecule has 1 aliphatic carbocycles. The molecule has 1 heterocycles. The Morgan fingerprint density at radius 1 is 1.31 bits per heavy atom. The van der Waals surface area contributed by atoms with Crippen molar-refractivity contribution < 1.29 is 0 Å². The molecule has 2 heteroatoms. The summed E-state index contributed by atoms with van der Waals surface area (Å²) in [5.41, 5.74) is 4.33. The summed E-state index contributed by atoms with van der Waals surface area (Å²) in [4.78, 5) is 0. The van der Waals surface area contributed by atoms with Crippen LogP contribution in [0.25, 0.3) is 0 Å². The van der Waals surface area contributed by atoms with Crippen molar-refractivity contribution in [1.82, 2.24) is 9.78 Å². The van der Waals surface area contributed by atoms with E-state index in [0.29, 0.717) is 0 Å². The van der Waals surface area contributed by atoms with Gasteiger partial charge in [0, 0.05) is 12.2 Å². The lowest BCUT2D eigenvalue weighted by molar-refractivity contribution is 0.578. The lowest BCUT2D eigenvalue weighted by Gasteiger charge is -2.08. The van der Waals surface area contributed by atoms with E-state index in [2.05, 4.69) is 23.6 Å². The zero-order valence-electron chi connectivity index (χ0n) is 8.64. The van der Waals surface area contributed by atoms with Gasteiger partial charge in [0.2, 0.25) is 0 Å². The van der Waals surface area contributed by atoms with Gasteiger partial charge < -0.3 is 0 Å². The number of aromatic nitrogens is 2. The summed E-state index contributed by atoms with van der Waals surface area (Å²) in [6.07, 6.45) is 6.32. The highest BCUT2D eigenvalue weighted by Gasteiger charge is 2.16. The third-order valence-electron chi connectivity index (χ3n) is 2.94. The molecular formula is C11H18N2. The second kappa shape index (κ2) is 3.52. The zero-order valence-corrected chi connectivity index (χ0v) is 8.64. The van der Waals surface area contributed by atoms with Crippen LogP contribution < -0.4 is 0 Å². The molecule has 0 radical (unpaired) electrons. The summed E-state index contributed by atoms with van der Waals surface area (Å²) in [5.74, 6) is 0. The maximum absolute atomic E-state index is 4.66. The molecular weight excluding hydrogens is 160 g/mol. The number of hydrogen-bond donors (Lipinski definition) is 0. The minimum atomic E-state index is 1.08. The van der Waals surface area contributed by atoms with Crippen LogP contribution in [0.2, 0.25) is 0 Å². The zero-order chi connectivity index (χ0) is 9.26. The first-order chi connectivity index (χ1) is 6.33. The van der Waals surface area contributed by atoms with Crippen LogP contribution in [0.4, 0.5) is 0 Å². The minimum Gasteiger partial charge on any atom is -0.269 e. The lowest BCUT2D eigenvalue weighted by atomic mass is 9.96. The van der Waals surface area contributed by atoms with Crippen molar-refractivity contribution in [1.29, 1.82) is 0 Å². The normalized spacial score (nSPS) is 15.8. The topological polar surface area (TPSA) is 17.8 Å². The van der Waals surface area contributed by atoms with E-state index in [0.717, 1.165) is 6.54 Å². The Balaban J connectivity index is 2.33. The first-order valence-electron chi connectivity index (χ1n) is 5.38. The summed E-state index contributed by atoms with van der Waals surface area (Å²) >= 11 is 0. The molecule has 0 spiro atoms. The van der Waals surface area contributed by atoms with Gasteiger partial charge in [0.15, 0.2) is 0 Å². The van der Waals surface area contributed by atoms with Crippen molar-refractivity contribution in [2.45, 2.75) is 52.5 Å². The molecule has 0 aromatic carbocycles. The van der Waals surface area contributed by atoms with Gasteiger partial charge in [-0.3, -0.25) is 4.68 Å². The SMILES string of the molecule is CCCn1nc2c(c1C)CCCC2. The molecule has 0 atom stereocenters. The van der Waals surface area contributed by atoms with E-state index in [1.807, 2.05) is 0 Å². The van der Waals surface area contributed by atoms with E-state index in [4.69, 9.17) is 0 Å². The molecule has 2 nitrogen and oxygen atoms in total. The molecule has 72 valence electrons. The van der Waals surface area contributed by atoms with Crippen molar-refractivity contribution in [3.8, 4) is 0 Å². The highest BCUT2D eigenvalue weighted by molar-refractivity contribution is 5.27. The van der Waals surface area contributed by atoms with E-state index in [1.165, 1.54) is 43.5 Å². The fourth-order valence-corrected chi connectivity index (χ4v) is 2.20. The summed E-state index contributed by atoms with van der Waals surface area (Å²) in [6.45, 7) is 5.51. The lowest BCUT2D eigenvalue weighted by Crippen LogP contribution is -2.01.